The molecule has 0 saturated carbocycles. The van der Waals surface area contributed by atoms with Gasteiger partial charge >= 0.3 is 0 Å². The van der Waals surface area contributed by atoms with Crippen molar-refractivity contribution in [3.8, 4) is 0 Å². The predicted octanol–water partition coefficient (Wildman–Crippen LogP) is 0.0978. The van der Waals surface area contributed by atoms with E-state index in [1.807, 2.05) is 38.3 Å². The van der Waals surface area contributed by atoms with E-state index in [-0.39, 0.29) is 0 Å². The van der Waals surface area contributed by atoms with E-state index >= 15 is 0 Å². The number of nitrogens with two attached hydrogens (primary N) is 1. The third kappa shape index (κ3) is 5.71. The van der Waals surface area contributed by atoms with Crippen molar-refractivity contribution in [2.45, 2.75) is 19.9 Å². The number of ether oxygens (including phenoxy) is 1. The fraction of sp³-hybridized carbons (Fsp3) is 0.667. The van der Waals surface area contributed by atoms with Gasteiger partial charge in [0, 0.05) is 52.2 Å². The lowest BCUT2D eigenvalue weighted by Gasteiger charge is -2.19. The first kappa shape index (κ1) is 15.5. The fourth-order valence-electron chi connectivity index (χ4n) is 1.67. The zero-order chi connectivity index (χ0) is 14.1. The SMILES string of the molecule is CCOCCCN=C(NN)N(C)Cc1cnn(C)c1. The standard InChI is InChI=1S/C12H24N6O/c1-4-19-7-5-6-14-12(16-13)17(2)9-11-8-15-18(3)10-11/h8,10H,4-7,9,13H2,1-3H3,(H,14,16). The Kier molecular flexibility index (Phi) is 6.91. The van der Waals surface area contributed by atoms with Crippen LogP contribution in [0.25, 0.3) is 0 Å². The van der Waals surface area contributed by atoms with Crippen LogP contribution >= 0.6 is 0 Å². The number of guanidine groups is 1. The molecule has 19 heavy (non-hydrogen) atoms. The molecule has 0 radical (unpaired) electrons. The van der Waals surface area contributed by atoms with E-state index in [0.29, 0.717) is 19.0 Å². The fourth-order valence-corrected chi connectivity index (χ4v) is 1.67. The number of nitrogens with zero attached hydrogens (tertiary/aromatic N) is 4. The molecule has 7 heteroatoms. The molecule has 0 aliphatic heterocycles. The molecule has 0 aromatic carbocycles. The highest BCUT2D eigenvalue weighted by atomic mass is 16.5. The minimum absolute atomic E-state index is 0.667. The Bertz CT molecular complexity index is 389. The van der Waals surface area contributed by atoms with Gasteiger partial charge in [-0.1, -0.05) is 0 Å². The molecule has 1 aromatic rings. The smallest absolute Gasteiger partial charge is 0.208 e. The second-order valence-corrected chi connectivity index (χ2v) is 4.28. The third-order valence-corrected chi connectivity index (χ3v) is 2.58. The van der Waals surface area contributed by atoms with E-state index in [4.69, 9.17) is 10.6 Å². The summed E-state index contributed by atoms with van der Waals surface area (Å²) in [5.74, 6) is 6.17. The molecule has 0 amide bonds. The quantitative estimate of drug-likeness (QED) is 0.241. The lowest BCUT2D eigenvalue weighted by Crippen LogP contribution is -2.42. The van der Waals surface area contributed by atoms with E-state index < -0.39 is 0 Å². The van der Waals surface area contributed by atoms with Crippen molar-refractivity contribution < 1.29 is 4.74 Å². The van der Waals surface area contributed by atoms with Crippen molar-refractivity contribution in [2.75, 3.05) is 26.8 Å². The molecule has 1 aromatic heterocycles. The van der Waals surface area contributed by atoms with E-state index in [2.05, 4.69) is 15.5 Å². The molecule has 0 saturated heterocycles. The maximum absolute atomic E-state index is 5.50. The second kappa shape index (κ2) is 8.49. The van der Waals surface area contributed by atoms with Crippen LogP contribution in [0.1, 0.15) is 18.9 Å². The first-order chi connectivity index (χ1) is 9.17. The van der Waals surface area contributed by atoms with Crippen molar-refractivity contribution >= 4 is 5.96 Å². The van der Waals surface area contributed by atoms with Crippen LogP contribution in [0.3, 0.4) is 0 Å². The maximum atomic E-state index is 5.50. The van der Waals surface area contributed by atoms with Crippen molar-refractivity contribution in [2.24, 2.45) is 17.9 Å². The first-order valence-corrected chi connectivity index (χ1v) is 6.44. The Balaban J connectivity index is 2.42. The Labute approximate surface area is 114 Å². The number of rotatable bonds is 7. The summed E-state index contributed by atoms with van der Waals surface area (Å²) >= 11 is 0. The normalized spacial score (nSPS) is 11.7. The molecule has 108 valence electrons. The average molecular weight is 268 g/mol. The van der Waals surface area contributed by atoms with Crippen LogP contribution < -0.4 is 11.3 Å². The molecular formula is C12H24N6O. The number of hydrazine groups is 1. The van der Waals surface area contributed by atoms with Crippen LogP contribution in [0.4, 0.5) is 0 Å². The summed E-state index contributed by atoms with van der Waals surface area (Å²) < 4.78 is 7.04. The van der Waals surface area contributed by atoms with Gasteiger partial charge in [0.2, 0.25) is 5.96 Å². The molecule has 0 aliphatic rings. The summed E-state index contributed by atoms with van der Waals surface area (Å²) in [6.07, 6.45) is 4.69. The van der Waals surface area contributed by atoms with Gasteiger partial charge in [0.25, 0.3) is 0 Å². The summed E-state index contributed by atoms with van der Waals surface area (Å²) in [5.41, 5.74) is 3.74. The van der Waals surface area contributed by atoms with Crippen LogP contribution in [0.5, 0.6) is 0 Å². The molecule has 0 fully saturated rings. The van der Waals surface area contributed by atoms with Crippen molar-refractivity contribution in [3.05, 3.63) is 18.0 Å². The molecule has 0 unspecified atom stereocenters. The van der Waals surface area contributed by atoms with Crippen LogP contribution in [0.2, 0.25) is 0 Å². The zero-order valence-electron chi connectivity index (χ0n) is 12.0. The zero-order valence-corrected chi connectivity index (χ0v) is 12.0. The van der Waals surface area contributed by atoms with E-state index in [1.165, 1.54) is 0 Å². The molecule has 7 nitrogen and oxygen atoms in total. The summed E-state index contributed by atoms with van der Waals surface area (Å²) in [5, 5.41) is 4.13. The summed E-state index contributed by atoms with van der Waals surface area (Å²) in [6, 6.07) is 0. The van der Waals surface area contributed by atoms with E-state index in [9.17, 15) is 0 Å². The predicted molar refractivity (Wildman–Crippen MR) is 75.4 cm³/mol. The second-order valence-electron chi connectivity index (χ2n) is 4.28. The molecule has 1 rings (SSSR count). The maximum Gasteiger partial charge on any atom is 0.208 e. The van der Waals surface area contributed by atoms with Gasteiger partial charge in [-0.25, -0.2) is 5.84 Å². The highest BCUT2D eigenvalue weighted by Gasteiger charge is 2.06. The third-order valence-electron chi connectivity index (χ3n) is 2.58. The molecule has 0 bridgehead atoms. The van der Waals surface area contributed by atoms with Gasteiger partial charge in [0.1, 0.15) is 0 Å². The van der Waals surface area contributed by atoms with E-state index in [1.54, 1.807) is 4.68 Å². The minimum Gasteiger partial charge on any atom is -0.382 e. The van der Waals surface area contributed by atoms with Gasteiger partial charge in [0.05, 0.1) is 6.20 Å². The van der Waals surface area contributed by atoms with Gasteiger partial charge in [-0.05, 0) is 13.3 Å². The van der Waals surface area contributed by atoms with Crippen molar-refractivity contribution in [1.29, 1.82) is 0 Å². The number of hydrogen-bond acceptors (Lipinski definition) is 4. The van der Waals surface area contributed by atoms with Gasteiger partial charge < -0.3 is 9.64 Å². The topological polar surface area (TPSA) is 80.7 Å². The summed E-state index contributed by atoms with van der Waals surface area (Å²) in [6.45, 7) is 4.86. The summed E-state index contributed by atoms with van der Waals surface area (Å²) in [7, 11) is 3.83. The summed E-state index contributed by atoms with van der Waals surface area (Å²) in [4.78, 5) is 6.37. The molecular weight excluding hydrogens is 244 g/mol. The van der Waals surface area contributed by atoms with Crippen LogP contribution in [0, 0.1) is 0 Å². The largest absolute Gasteiger partial charge is 0.382 e. The lowest BCUT2D eigenvalue weighted by molar-refractivity contribution is 0.146. The monoisotopic (exact) mass is 268 g/mol. The van der Waals surface area contributed by atoms with Crippen molar-refractivity contribution in [1.82, 2.24) is 20.1 Å². The molecule has 0 spiro atoms. The number of hydrogen-bond donors (Lipinski definition) is 2. The molecule has 1 heterocycles. The highest BCUT2D eigenvalue weighted by Crippen LogP contribution is 2.01. The molecule has 0 atom stereocenters. The Morgan fingerprint density at radius 1 is 1.63 bits per heavy atom. The van der Waals surface area contributed by atoms with Gasteiger partial charge in [-0.15, -0.1) is 0 Å². The van der Waals surface area contributed by atoms with Gasteiger partial charge in [0.15, 0.2) is 0 Å². The van der Waals surface area contributed by atoms with Crippen LogP contribution in [0.15, 0.2) is 17.4 Å². The van der Waals surface area contributed by atoms with Crippen LogP contribution in [-0.2, 0) is 18.3 Å². The van der Waals surface area contributed by atoms with Gasteiger partial charge in [-0.2, -0.15) is 5.10 Å². The van der Waals surface area contributed by atoms with Gasteiger partial charge in [-0.3, -0.25) is 15.1 Å². The lowest BCUT2D eigenvalue weighted by atomic mass is 10.3. The van der Waals surface area contributed by atoms with Crippen molar-refractivity contribution in [3.63, 3.8) is 0 Å². The number of aromatic nitrogens is 2. The number of aryl methyl sites for hydroxylation is 1. The average Bonchev–Trinajstić information content (AvgIpc) is 2.79. The molecule has 0 aliphatic carbocycles. The van der Waals surface area contributed by atoms with E-state index in [0.717, 1.165) is 25.2 Å². The Morgan fingerprint density at radius 3 is 3.00 bits per heavy atom. The Hall–Kier alpha value is -1.60. The Morgan fingerprint density at radius 2 is 2.42 bits per heavy atom. The first-order valence-electron chi connectivity index (χ1n) is 6.44. The number of aliphatic imine (C=N–C) groups is 1. The minimum atomic E-state index is 0.667. The number of nitrogens with one attached hydrogen (secondary N) is 1. The molecule has 3 N–H and O–H groups in total. The highest BCUT2D eigenvalue weighted by molar-refractivity contribution is 5.79. The van der Waals surface area contributed by atoms with Crippen LogP contribution in [-0.4, -0.2) is 47.4 Å².